The van der Waals surface area contributed by atoms with Crippen molar-refractivity contribution in [3.05, 3.63) is 11.6 Å². The standard InChI is InChI=1S/C13H23NO2/c1-3-4-9-14(2)12-7-5-11(6-8-12)10-13(15)16/h10,12H,3-9H2,1-2H3,(H,15,16). The highest BCUT2D eigenvalue weighted by molar-refractivity contribution is 5.80. The molecule has 1 aliphatic rings. The SMILES string of the molecule is CCCCN(C)C1CCC(=CC(=O)O)CC1. The second kappa shape index (κ2) is 6.69. The van der Waals surface area contributed by atoms with E-state index in [0.29, 0.717) is 6.04 Å². The van der Waals surface area contributed by atoms with Crippen LogP contribution in [0, 0.1) is 0 Å². The molecule has 3 nitrogen and oxygen atoms in total. The highest BCUT2D eigenvalue weighted by atomic mass is 16.4. The highest BCUT2D eigenvalue weighted by Crippen LogP contribution is 2.26. The number of carboxylic acid groups (broad SMARTS) is 1. The van der Waals surface area contributed by atoms with E-state index in [1.807, 2.05) is 0 Å². The van der Waals surface area contributed by atoms with E-state index in [-0.39, 0.29) is 0 Å². The van der Waals surface area contributed by atoms with E-state index in [1.165, 1.54) is 25.5 Å². The fourth-order valence-corrected chi connectivity index (χ4v) is 2.32. The topological polar surface area (TPSA) is 40.5 Å². The lowest BCUT2D eigenvalue weighted by Crippen LogP contribution is -2.34. The maximum atomic E-state index is 10.5. The second-order valence-corrected chi connectivity index (χ2v) is 4.71. The number of carboxylic acids is 1. The van der Waals surface area contributed by atoms with Crippen molar-refractivity contribution >= 4 is 5.97 Å². The first-order valence-corrected chi connectivity index (χ1v) is 6.26. The molecular formula is C13H23NO2. The number of rotatable bonds is 5. The Morgan fingerprint density at radius 1 is 1.50 bits per heavy atom. The van der Waals surface area contributed by atoms with Crippen LogP contribution in [0.4, 0.5) is 0 Å². The third-order valence-corrected chi connectivity index (χ3v) is 3.41. The molecule has 0 spiro atoms. The van der Waals surface area contributed by atoms with Gasteiger partial charge in [0, 0.05) is 12.1 Å². The number of aliphatic carboxylic acids is 1. The summed E-state index contributed by atoms with van der Waals surface area (Å²) in [6, 6.07) is 0.650. The fraction of sp³-hybridized carbons (Fsp3) is 0.769. The van der Waals surface area contributed by atoms with E-state index in [2.05, 4.69) is 18.9 Å². The smallest absolute Gasteiger partial charge is 0.328 e. The second-order valence-electron chi connectivity index (χ2n) is 4.71. The van der Waals surface area contributed by atoms with E-state index >= 15 is 0 Å². The minimum Gasteiger partial charge on any atom is -0.478 e. The molecule has 16 heavy (non-hydrogen) atoms. The minimum absolute atomic E-state index is 0.650. The molecule has 0 bridgehead atoms. The zero-order valence-corrected chi connectivity index (χ0v) is 10.4. The first-order chi connectivity index (χ1) is 7.63. The molecule has 0 amide bonds. The van der Waals surface area contributed by atoms with E-state index in [1.54, 1.807) is 0 Å². The molecule has 0 radical (unpaired) electrons. The minimum atomic E-state index is -0.798. The van der Waals surface area contributed by atoms with Gasteiger partial charge in [0.2, 0.25) is 0 Å². The maximum absolute atomic E-state index is 10.5. The summed E-state index contributed by atoms with van der Waals surface area (Å²) in [7, 11) is 2.19. The molecule has 1 N–H and O–H groups in total. The van der Waals surface area contributed by atoms with Crippen LogP contribution in [0.15, 0.2) is 11.6 Å². The third kappa shape index (κ3) is 4.35. The van der Waals surface area contributed by atoms with Gasteiger partial charge < -0.3 is 10.0 Å². The molecule has 0 saturated heterocycles. The first kappa shape index (κ1) is 13.2. The predicted molar refractivity (Wildman–Crippen MR) is 65.5 cm³/mol. The molecule has 0 aromatic rings. The molecule has 1 saturated carbocycles. The number of unbranched alkanes of at least 4 members (excludes halogenated alkanes) is 1. The summed E-state index contributed by atoms with van der Waals surface area (Å²) in [6.07, 6.45) is 8.01. The Labute approximate surface area is 98.1 Å². The van der Waals surface area contributed by atoms with E-state index in [0.717, 1.165) is 31.3 Å². The molecule has 1 aliphatic carbocycles. The quantitative estimate of drug-likeness (QED) is 0.731. The molecular weight excluding hydrogens is 202 g/mol. The molecule has 0 heterocycles. The largest absolute Gasteiger partial charge is 0.478 e. The van der Waals surface area contributed by atoms with Crippen LogP contribution < -0.4 is 0 Å². The third-order valence-electron chi connectivity index (χ3n) is 3.41. The summed E-state index contributed by atoms with van der Waals surface area (Å²) in [4.78, 5) is 13.0. The van der Waals surface area contributed by atoms with Gasteiger partial charge in [0.1, 0.15) is 0 Å². The van der Waals surface area contributed by atoms with Gasteiger partial charge in [-0.05, 0) is 45.7 Å². The molecule has 0 aromatic carbocycles. The Kier molecular flexibility index (Phi) is 5.53. The van der Waals surface area contributed by atoms with Crippen molar-refractivity contribution < 1.29 is 9.90 Å². The Hall–Kier alpha value is -0.830. The number of hydrogen-bond acceptors (Lipinski definition) is 2. The van der Waals surface area contributed by atoms with Crippen LogP contribution in [0.25, 0.3) is 0 Å². The van der Waals surface area contributed by atoms with Gasteiger partial charge in [0.25, 0.3) is 0 Å². The van der Waals surface area contributed by atoms with E-state index < -0.39 is 5.97 Å². The summed E-state index contributed by atoms with van der Waals surface area (Å²) in [5.74, 6) is -0.798. The average molecular weight is 225 g/mol. The summed E-state index contributed by atoms with van der Waals surface area (Å²) < 4.78 is 0. The monoisotopic (exact) mass is 225 g/mol. The van der Waals surface area contributed by atoms with Crippen LogP contribution in [0.2, 0.25) is 0 Å². The van der Waals surface area contributed by atoms with Gasteiger partial charge in [-0.2, -0.15) is 0 Å². The van der Waals surface area contributed by atoms with Gasteiger partial charge in [-0.25, -0.2) is 4.79 Å². The van der Waals surface area contributed by atoms with Crippen molar-refractivity contribution in [2.24, 2.45) is 0 Å². The number of allylic oxidation sites excluding steroid dienone is 1. The number of nitrogens with zero attached hydrogens (tertiary/aromatic N) is 1. The van der Waals surface area contributed by atoms with Crippen molar-refractivity contribution in [3.63, 3.8) is 0 Å². The summed E-state index contributed by atoms with van der Waals surface area (Å²) in [6.45, 7) is 3.38. The van der Waals surface area contributed by atoms with Gasteiger partial charge in [-0.15, -0.1) is 0 Å². The number of hydrogen-bond donors (Lipinski definition) is 1. The van der Waals surface area contributed by atoms with Crippen LogP contribution in [-0.2, 0) is 4.79 Å². The molecule has 0 aliphatic heterocycles. The lowest BCUT2D eigenvalue weighted by atomic mass is 9.89. The molecule has 0 aromatic heterocycles. The summed E-state index contributed by atoms with van der Waals surface area (Å²) >= 11 is 0. The Balaban J connectivity index is 2.34. The van der Waals surface area contributed by atoms with Crippen molar-refractivity contribution in [2.45, 2.75) is 51.5 Å². The lowest BCUT2D eigenvalue weighted by Gasteiger charge is -2.32. The summed E-state index contributed by atoms with van der Waals surface area (Å²) in [5, 5.41) is 8.67. The van der Waals surface area contributed by atoms with Crippen molar-refractivity contribution in [3.8, 4) is 0 Å². The zero-order valence-electron chi connectivity index (χ0n) is 10.4. The molecule has 0 unspecified atom stereocenters. The van der Waals surface area contributed by atoms with Crippen LogP contribution in [0.5, 0.6) is 0 Å². The van der Waals surface area contributed by atoms with Crippen LogP contribution in [0.3, 0.4) is 0 Å². The van der Waals surface area contributed by atoms with Gasteiger partial charge in [0.15, 0.2) is 0 Å². The number of carbonyl (C=O) groups is 1. The summed E-state index contributed by atoms with van der Waals surface area (Å²) in [5.41, 5.74) is 1.10. The van der Waals surface area contributed by atoms with Crippen molar-refractivity contribution in [2.75, 3.05) is 13.6 Å². The Morgan fingerprint density at radius 2 is 2.12 bits per heavy atom. The van der Waals surface area contributed by atoms with Crippen LogP contribution >= 0.6 is 0 Å². The van der Waals surface area contributed by atoms with Crippen molar-refractivity contribution in [1.29, 1.82) is 0 Å². The molecule has 3 heteroatoms. The normalized spacial score (nSPS) is 21.2. The average Bonchev–Trinajstić information content (AvgIpc) is 2.26. The molecule has 92 valence electrons. The predicted octanol–water partition coefficient (Wildman–Crippen LogP) is 2.67. The fourth-order valence-electron chi connectivity index (χ4n) is 2.32. The van der Waals surface area contributed by atoms with Crippen LogP contribution in [-0.4, -0.2) is 35.6 Å². The van der Waals surface area contributed by atoms with E-state index in [9.17, 15) is 4.79 Å². The molecule has 1 rings (SSSR count). The Bertz CT molecular complexity index is 251. The van der Waals surface area contributed by atoms with Crippen molar-refractivity contribution in [1.82, 2.24) is 4.90 Å². The lowest BCUT2D eigenvalue weighted by molar-refractivity contribution is -0.131. The zero-order chi connectivity index (χ0) is 12.0. The molecule has 0 atom stereocenters. The Morgan fingerprint density at radius 3 is 2.62 bits per heavy atom. The van der Waals surface area contributed by atoms with Gasteiger partial charge >= 0.3 is 5.97 Å². The van der Waals surface area contributed by atoms with Gasteiger partial charge in [0.05, 0.1) is 0 Å². The van der Waals surface area contributed by atoms with Gasteiger partial charge in [-0.1, -0.05) is 18.9 Å². The highest BCUT2D eigenvalue weighted by Gasteiger charge is 2.20. The van der Waals surface area contributed by atoms with E-state index in [4.69, 9.17) is 5.11 Å². The molecule has 1 fully saturated rings. The van der Waals surface area contributed by atoms with Crippen LogP contribution in [0.1, 0.15) is 45.4 Å². The van der Waals surface area contributed by atoms with Gasteiger partial charge in [-0.3, -0.25) is 0 Å². The maximum Gasteiger partial charge on any atom is 0.328 e. The first-order valence-electron chi connectivity index (χ1n) is 6.26.